The van der Waals surface area contributed by atoms with Gasteiger partial charge in [0.15, 0.2) is 0 Å². The van der Waals surface area contributed by atoms with E-state index in [4.69, 9.17) is 11.6 Å². The Morgan fingerprint density at radius 2 is 2.29 bits per heavy atom. The van der Waals surface area contributed by atoms with Gasteiger partial charge in [-0.3, -0.25) is 4.79 Å². The first kappa shape index (κ1) is 17.6. The Balaban J connectivity index is 1.54. The van der Waals surface area contributed by atoms with Gasteiger partial charge in [0, 0.05) is 29.2 Å². The van der Waals surface area contributed by atoms with E-state index in [2.05, 4.69) is 17.1 Å². The van der Waals surface area contributed by atoms with E-state index in [-0.39, 0.29) is 11.7 Å². The lowest BCUT2D eigenvalue weighted by Gasteiger charge is -2.33. The summed E-state index contributed by atoms with van der Waals surface area (Å²) in [6.45, 7) is 5.06. The van der Waals surface area contributed by atoms with Gasteiger partial charge in [-0.1, -0.05) is 18.0 Å². The van der Waals surface area contributed by atoms with Crippen molar-refractivity contribution >= 4 is 38.9 Å². The molecule has 6 heteroatoms. The smallest absolute Gasteiger partial charge is 0.262 e. The molecule has 0 radical (unpaired) electrons. The molecule has 130 valence electrons. The highest BCUT2D eigenvalue weighted by molar-refractivity contribution is 7.21. The molecule has 1 aromatic heterocycles. The van der Waals surface area contributed by atoms with E-state index in [1.165, 1.54) is 42.7 Å². The second-order valence-corrected chi connectivity index (χ2v) is 7.81. The first-order chi connectivity index (χ1) is 11.6. The third kappa shape index (κ3) is 3.90. The van der Waals surface area contributed by atoms with Crippen molar-refractivity contribution in [3.05, 3.63) is 33.9 Å². The van der Waals surface area contributed by atoms with Crippen LogP contribution >= 0.6 is 22.9 Å². The number of likely N-dealkylation sites (tertiary alicyclic amines) is 1. The number of nitrogens with one attached hydrogen (secondary N) is 1. The van der Waals surface area contributed by atoms with E-state index >= 15 is 0 Å². The SMILES string of the molecule is C[C@@H]1CCCCN1CCCNC(=O)c1sc2cc(F)ccc2c1Cl. The molecule has 2 aromatic rings. The zero-order chi connectivity index (χ0) is 17.1. The first-order valence-corrected chi connectivity index (χ1v) is 9.65. The number of carbonyl (C=O) groups excluding carboxylic acids is 1. The number of rotatable bonds is 5. The molecule has 0 aliphatic carbocycles. The van der Waals surface area contributed by atoms with Crippen LogP contribution in [-0.4, -0.2) is 36.5 Å². The second-order valence-electron chi connectivity index (χ2n) is 6.38. The summed E-state index contributed by atoms with van der Waals surface area (Å²) in [7, 11) is 0. The van der Waals surface area contributed by atoms with Gasteiger partial charge in [-0.25, -0.2) is 4.39 Å². The number of carbonyl (C=O) groups is 1. The van der Waals surface area contributed by atoms with Gasteiger partial charge >= 0.3 is 0 Å². The van der Waals surface area contributed by atoms with Crippen molar-refractivity contribution in [3.63, 3.8) is 0 Å². The zero-order valence-corrected chi connectivity index (χ0v) is 15.4. The van der Waals surface area contributed by atoms with Crippen LogP contribution in [0.5, 0.6) is 0 Å². The van der Waals surface area contributed by atoms with Crippen LogP contribution in [0.15, 0.2) is 18.2 Å². The van der Waals surface area contributed by atoms with Crippen LogP contribution in [0.3, 0.4) is 0 Å². The summed E-state index contributed by atoms with van der Waals surface area (Å²) in [5.74, 6) is -0.490. The van der Waals surface area contributed by atoms with Crippen LogP contribution in [-0.2, 0) is 0 Å². The maximum absolute atomic E-state index is 13.3. The molecule has 1 aliphatic rings. The lowest BCUT2D eigenvalue weighted by atomic mass is 10.0. The minimum Gasteiger partial charge on any atom is -0.351 e. The maximum atomic E-state index is 13.3. The van der Waals surface area contributed by atoms with Crippen molar-refractivity contribution < 1.29 is 9.18 Å². The maximum Gasteiger partial charge on any atom is 0.262 e. The fourth-order valence-electron chi connectivity index (χ4n) is 3.24. The quantitative estimate of drug-likeness (QED) is 0.776. The number of hydrogen-bond donors (Lipinski definition) is 1. The van der Waals surface area contributed by atoms with Crippen molar-refractivity contribution in [2.45, 2.75) is 38.6 Å². The number of piperidine rings is 1. The van der Waals surface area contributed by atoms with Crippen molar-refractivity contribution in [1.82, 2.24) is 10.2 Å². The summed E-state index contributed by atoms with van der Waals surface area (Å²) in [5.41, 5.74) is 0. The van der Waals surface area contributed by atoms with Gasteiger partial charge in [0.2, 0.25) is 0 Å². The number of thiophene rings is 1. The highest BCUT2D eigenvalue weighted by atomic mass is 35.5. The Bertz CT molecular complexity index is 733. The molecular weight excluding hydrogens is 347 g/mol. The van der Waals surface area contributed by atoms with Gasteiger partial charge in [-0.05, 0) is 50.9 Å². The molecule has 1 atom stereocenters. The van der Waals surface area contributed by atoms with Gasteiger partial charge in [0.1, 0.15) is 10.7 Å². The zero-order valence-electron chi connectivity index (χ0n) is 13.8. The standard InChI is InChI=1S/C18H22ClFN2OS/c1-12-5-2-3-9-22(12)10-4-8-21-18(23)17-16(19)14-7-6-13(20)11-15(14)24-17/h6-7,11-12H,2-5,8-10H2,1H3,(H,21,23)/t12-/m1/s1. The third-order valence-corrected chi connectivity index (χ3v) is 6.30. The molecule has 0 saturated carbocycles. The summed E-state index contributed by atoms with van der Waals surface area (Å²) in [5, 5.41) is 4.08. The van der Waals surface area contributed by atoms with Crippen LogP contribution in [0.2, 0.25) is 5.02 Å². The molecule has 1 amide bonds. The summed E-state index contributed by atoms with van der Waals surface area (Å²) in [6.07, 6.45) is 4.78. The minimum absolute atomic E-state index is 0.173. The van der Waals surface area contributed by atoms with E-state index in [1.807, 2.05) is 0 Å². The monoisotopic (exact) mass is 368 g/mol. The molecule has 1 aromatic carbocycles. The fourth-order valence-corrected chi connectivity index (χ4v) is 4.70. The molecule has 2 heterocycles. The first-order valence-electron chi connectivity index (χ1n) is 8.46. The normalized spacial score (nSPS) is 18.9. The van der Waals surface area contributed by atoms with E-state index in [0.29, 0.717) is 27.2 Å². The van der Waals surface area contributed by atoms with Crippen LogP contribution in [0, 0.1) is 5.82 Å². The Morgan fingerprint density at radius 3 is 3.08 bits per heavy atom. The minimum atomic E-state index is -0.317. The Hall–Kier alpha value is -1.17. The third-order valence-electron chi connectivity index (χ3n) is 4.65. The fraction of sp³-hybridized carbons (Fsp3) is 0.500. The van der Waals surface area contributed by atoms with Crippen LogP contribution in [0.4, 0.5) is 4.39 Å². The molecular formula is C18H22ClFN2OS. The number of amides is 1. The van der Waals surface area contributed by atoms with Gasteiger partial charge in [0.25, 0.3) is 5.91 Å². The lowest BCUT2D eigenvalue weighted by Crippen LogP contribution is -2.39. The highest BCUT2D eigenvalue weighted by Crippen LogP contribution is 2.35. The number of benzene rings is 1. The molecule has 1 aliphatic heterocycles. The van der Waals surface area contributed by atoms with E-state index in [9.17, 15) is 9.18 Å². The van der Waals surface area contributed by atoms with Crippen molar-refractivity contribution in [2.75, 3.05) is 19.6 Å². The molecule has 3 rings (SSSR count). The highest BCUT2D eigenvalue weighted by Gasteiger charge is 2.19. The Morgan fingerprint density at radius 1 is 1.46 bits per heavy atom. The van der Waals surface area contributed by atoms with Crippen molar-refractivity contribution in [2.24, 2.45) is 0 Å². The predicted octanol–water partition coefficient (Wildman–Crippen LogP) is 4.69. The molecule has 0 spiro atoms. The van der Waals surface area contributed by atoms with Gasteiger partial charge < -0.3 is 10.2 Å². The van der Waals surface area contributed by atoms with Crippen LogP contribution < -0.4 is 5.32 Å². The van der Waals surface area contributed by atoms with Crippen molar-refractivity contribution in [1.29, 1.82) is 0 Å². The number of halogens is 2. The van der Waals surface area contributed by atoms with Crippen LogP contribution in [0.1, 0.15) is 42.3 Å². The molecule has 1 saturated heterocycles. The lowest BCUT2D eigenvalue weighted by molar-refractivity contribution is 0.0953. The largest absolute Gasteiger partial charge is 0.351 e. The van der Waals surface area contributed by atoms with Gasteiger partial charge in [-0.2, -0.15) is 0 Å². The molecule has 1 N–H and O–H groups in total. The topological polar surface area (TPSA) is 32.3 Å². The van der Waals surface area contributed by atoms with Gasteiger partial charge in [-0.15, -0.1) is 11.3 Å². The van der Waals surface area contributed by atoms with Crippen LogP contribution in [0.25, 0.3) is 10.1 Å². The summed E-state index contributed by atoms with van der Waals surface area (Å²) < 4.78 is 14.0. The number of nitrogens with zero attached hydrogens (tertiary/aromatic N) is 1. The summed E-state index contributed by atoms with van der Waals surface area (Å²) in [6, 6.07) is 5.04. The summed E-state index contributed by atoms with van der Waals surface area (Å²) in [4.78, 5) is 15.3. The Kier molecular flexibility index (Phi) is 5.74. The summed E-state index contributed by atoms with van der Waals surface area (Å²) >= 11 is 7.52. The van der Waals surface area contributed by atoms with E-state index in [1.54, 1.807) is 6.07 Å². The molecule has 0 unspecified atom stereocenters. The molecule has 0 bridgehead atoms. The predicted molar refractivity (Wildman–Crippen MR) is 98.6 cm³/mol. The van der Waals surface area contributed by atoms with E-state index in [0.717, 1.165) is 24.9 Å². The number of hydrogen-bond acceptors (Lipinski definition) is 3. The second kappa shape index (κ2) is 7.81. The number of fused-ring (bicyclic) bond motifs is 1. The Labute approximate surface area is 150 Å². The molecule has 1 fully saturated rings. The van der Waals surface area contributed by atoms with Crippen molar-refractivity contribution in [3.8, 4) is 0 Å². The van der Waals surface area contributed by atoms with Gasteiger partial charge in [0.05, 0.1) is 5.02 Å². The average molecular weight is 369 g/mol. The van der Waals surface area contributed by atoms with E-state index < -0.39 is 0 Å². The average Bonchev–Trinajstić information content (AvgIpc) is 2.89. The molecule has 3 nitrogen and oxygen atoms in total. The molecule has 24 heavy (non-hydrogen) atoms.